The predicted octanol–water partition coefficient (Wildman–Crippen LogP) is 4.29. The summed E-state index contributed by atoms with van der Waals surface area (Å²) in [6.07, 6.45) is 1.98. The topological polar surface area (TPSA) is 9.23 Å². The highest BCUT2D eigenvalue weighted by Gasteiger charge is 2.06. The van der Waals surface area contributed by atoms with Gasteiger partial charge < -0.3 is 4.74 Å². The van der Waals surface area contributed by atoms with Gasteiger partial charge in [0.15, 0.2) is 0 Å². The predicted molar refractivity (Wildman–Crippen MR) is 72.1 cm³/mol. The first-order valence-electron chi connectivity index (χ1n) is 5.81. The van der Waals surface area contributed by atoms with Crippen molar-refractivity contribution in [3.8, 4) is 5.75 Å². The van der Waals surface area contributed by atoms with Crippen LogP contribution in [0.2, 0.25) is 0 Å². The zero-order chi connectivity index (χ0) is 13.0. The molecule has 0 spiro atoms. The fourth-order valence-corrected chi connectivity index (χ4v) is 1.95. The van der Waals surface area contributed by atoms with Crippen molar-refractivity contribution in [3.05, 3.63) is 71.6 Å². The van der Waals surface area contributed by atoms with E-state index in [1.165, 1.54) is 12.1 Å². The number of hydrogen-bond acceptors (Lipinski definition) is 1. The lowest BCUT2D eigenvalue weighted by Crippen LogP contribution is -1.90. The van der Waals surface area contributed by atoms with E-state index < -0.39 is 0 Å². The lowest BCUT2D eigenvalue weighted by molar-refractivity contribution is 0.414. The zero-order valence-electron chi connectivity index (χ0n) is 10.5. The van der Waals surface area contributed by atoms with Gasteiger partial charge in [-0.1, -0.05) is 30.3 Å². The standard InChI is InChI=1S/C16H15FO/c1-3-16(12-6-4-8-14(17)10-12)13-7-5-9-15(11-13)18-2/h3-11H,1-2H3/b16-3-. The highest BCUT2D eigenvalue weighted by atomic mass is 19.1. The van der Waals surface area contributed by atoms with Crippen molar-refractivity contribution in [2.24, 2.45) is 0 Å². The molecule has 0 saturated heterocycles. The van der Waals surface area contributed by atoms with Gasteiger partial charge in [-0.2, -0.15) is 0 Å². The summed E-state index contributed by atoms with van der Waals surface area (Å²) < 4.78 is 18.5. The number of allylic oxidation sites excluding steroid dienone is 1. The van der Waals surface area contributed by atoms with E-state index in [4.69, 9.17) is 4.74 Å². The molecule has 0 saturated carbocycles. The second-order valence-electron chi connectivity index (χ2n) is 3.94. The molecule has 0 atom stereocenters. The van der Waals surface area contributed by atoms with Crippen LogP contribution in [0.15, 0.2) is 54.6 Å². The van der Waals surface area contributed by atoms with Crippen LogP contribution in [0.5, 0.6) is 5.75 Å². The average Bonchev–Trinajstić information content (AvgIpc) is 2.40. The van der Waals surface area contributed by atoms with Crippen molar-refractivity contribution >= 4 is 5.57 Å². The first kappa shape index (κ1) is 12.4. The van der Waals surface area contributed by atoms with Gasteiger partial charge in [-0.05, 0) is 47.9 Å². The number of hydrogen-bond donors (Lipinski definition) is 0. The van der Waals surface area contributed by atoms with Crippen LogP contribution in [0.1, 0.15) is 18.1 Å². The molecule has 0 aliphatic heterocycles. The Bertz CT molecular complexity index is 573. The van der Waals surface area contributed by atoms with Crippen LogP contribution < -0.4 is 4.74 Å². The average molecular weight is 242 g/mol. The van der Waals surface area contributed by atoms with Crippen molar-refractivity contribution < 1.29 is 9.13 Å². The van der Waals surface area contributed by atoms with Gasteiger partial charge in [0.1, 0.15) is 11.6 Å². The summed E-state index contributed by atoms with van der Waals surface area (Å²) in [6, 6.07) is 14.4. The Morgan fingerprint density at radius 3 is 2.33 bits per heavy atom. The van der Waals surface area contributed by atoms with Gasteiger partial charge in [0, 0.05) is 0 Å². The van der Waals surface area contributed by atoms with Gasteiger partial charge in [-0.25, -0.2) is 4.39 Å². The summed E-state index contributed by atoms with van der Waals surface area (Å²) in [5, 5.41) is 0. The molecule has 1 nitrogen and oxygen atoms in total. The molecule has 0 bridgehead atoms. The molecule has 0 N–H and O–H groups in total. The largest absolute Gasteiger partial charge is 0.497 e. The summed E-state index contributed by atoms with van der Waals surface area (Å²) in [6.45, 7) is 1.94. The van der Waals surface area contributed by atoms with Gasteiger partial charge in [-0.3, -0.25) is 0 Å². The molecule has 0 aliphatic rings. The van der Waals surface area contributed by atoms with E-state index in [1.807, 2.05) is 43.3 Å². The van der Waals surface area contributed by atoms with Crippen LogP contribution >= 0.6 is 0 Å². The summed E-state index contributed by atoms with van der Waals surface area (Å²) in [5.74, 6) is 0.568. The third-order valence-electron chi connectivity index (χ3n) is 2.81. The Morgan fingerprint density at radius 2 is 1.72 bits per heavy atom. The first-order chi connectivity index (χ1) is 8.74. The quantitative estimate of drug-likeness (QED) is 0.780. The Kier molecular flexibility index (Phi) is 3.78. The van der Waals surface area contributed by atoms with Crippen LogP contribution in [0, 0.1) is 5.82 Å². The molecule has 0 radical (unpaired) electrons. The van der Waals surface area contributed by atoms with E-state index in [2.05, 4.69) is 0 Å². The Labute approximate surface area is 107 Å². The van der Waals surface area contributed by atoms with Gasteiger partial charge in [0.05, 0.1) is 7.11 Å². The molecule has 2 aromatic carbocycles. The molecule has 0 amide bonds. The van der Waals surface area contributed by atoms with Crippen LogP contribution in [0.4, 0.5) is 4.39 Å². The first-order valence-corrected chi connectivity index (χ1v) is 5.81. The Morgan fingerprint density at radius 1 is 1.06 bits per heavy atom. The minimum atomic E-state index is -0.227. The molecule has 0 fully saturated rings. The van der Waals surface area contributed by atoms with E-state index in [0.29, 0.717) is 0 Å². The van der Waals surface area contributed by atoms with Crippen molar-refractivity contribution in [1.29, 1.82) is 0 Å². The summed E-state index contributed by atoms with van der Waals surface area (Å²) in [4.78, 5) is 0. The maximum Gasteiger partial charge on any atom is 0.123 e. The lowest BCUT2D eigenvalue weighted by atomic mass is 9.97. The Hall–Kier alpha value is -2.09. The lowest BCUT2D eigenvalue weighted by Gasteiger charge is -2.09. The summed E-state index contributed by atoms with van der Waals surface area (Å²) in [5.41, 5.74) is 2.88. The molecule has 18 heavy (non-hydrogen) atoms. The fourth-order valence-electron chi connectivity index (χ4n) is 1.95. The molecule has 2 heteroatoms. The summed E-state index contributed by atoms with van der Waals surface area (Å²) >= 11 is 0. The smallest absolute Gasteiger partial charge is 0.123 e. The molecule has 92 valence electrons. The van der Waals surface area contributed by atoms with E-state index in [0.717, 1.165) is 22.4 Å². The van der Waals surface area contributed by atoms with Crippen molar-refractivity contribution in [2.75, 3.05) is 7.11 Å². The molecule has 0 aliphatic carbocycles. The number of ether oxygens (including phenoxy) is 1. The van der Waals surface area contributed by atoms with E-state index in [1.54, 1.807) is 13.2 Å². The van der Waals surface area contributed by atoms with Gasteiger partial charge in [0.2, 0.25) is 0 Å². The number of rotatable bonds is 3. The second-order valence-corrected chi connectivity index (χ2v) is 3.94. The van der Waals surface area contributed by atoms with Crippen LogP contribution in [0.3, 0.4) is 0 Å². The molecular weight excluding hydrogens is 227 g/mol. The third-order valence-corrected chi connectivity index (χ3v) is 2.81. The molecule has 0 aromatic heterocycles. The Balaban J connectivity index is 2.46. The van der Waals surface area contributed by atoms with Crippen molar-refractivity contribution in [1.82, 2.24) is 0 Å². The minimum absolute atomic E-state index is 0.227. The van der Waals surface area contributed by atoms with E-state index in [9.17, 15) is 4.39 Å². The highest BCUT2D eigenvalue weighted by molar-refractivity contribution is 5.80. The van der Waals surface area contributed by atoms with Gasteiger partial charge in [-0.15, -0.1) is 0 Å². The van der Waals surface area contributed by atoms with Crippen LogP contribution in [-0.2, 0) is 0 Å². The van der Waals surface area contributed by atoms with Gasteiger partial charge >= 0.3 is 0 Å². The number of benzene rings is 2. The monoisotopic (exact) mass is 242 g/mol. The summed E-state index contributed by atoms with van der Waals surface area (Å²) in [7, 11) is 1.64. The van der Waals surface area contributed by atoms with E-state index in [-0.39, 0.29) is 5.82 Å². The molecular formula is C16H15FO. The van der Waals surface area contributed by atoms with Crippen LogP contribution in [-0.4, -0.2) is 7.11 Å². The third kappa shape index (κ3) is 2.59. The molecule has 0 heterocycles. The van der Waals surface area contributed by atoms with Crippen molar-refractivity contribution in [3.63, 3.8) is 0 Å². The van der Waals surface area contributed by atoms with Crippen molar-refractivity contribution in [2.45, 2.75) is 6.92 Å². The molecule has 2 aromatic rings. The maximum absolute atomic E-state index is 13.3. The number of methoxy groups -OCH3 is 1. The molecule has 0 unspecified atom stereocenters. The maximum atomic E-state index is 13.3. The van der Waals surface area contributed by atoms with Gasteiger partial charge in [0.25, 0.3) is 0 Å². The fraction of sp³-hybridized carbons (Fsp3) is 0.125. The number of halogens is 1. The minimum Gasteiger partial charge on any atom is -0.497 e. The highest BCUT2D eigenvalue weighted by Crippen LogP contribution is 2.26. The van der Waals surface area contributed by atoms with Crippen LogP contribution in [0.25, 0.3) is 5.57 Å². The van der Waals surface area contributed by atoms with E-state index >= 15 is 0 Å². The second kappa shape index (κ2) is 5.50. The normalized spacial score (nSPS) is 11.4. The zero-order valence-corrected chi connectivity index (χ0v) is 10.5. The SMILES string of the molecule is C/C=C(/c1cccc(F)c1)c1cccc(OC)c1. The molecule has 2 rings (SSSR count).